The third-order valence-electron chi connectivity index (χ3n) is 3.83. The van der Waals surface area contributed by atoms with E-state index >= 15 is 0 Å². The van der Waals surface area contributed by atoms with Crippen LogP contribution in [-0.2, 0) is 13.0 Å². The molecule has 3 rings (SSSR count). The third kappa shape index (κ3) is 2.76. The lowest BCUT2D eigenvalue weighted by Gasteiger charge is -2.29. The first kappa shape index (κ1) is 14.0. The summed E-state index contributed by atoms with van der Waals surface area (Å²) in [6, 6.07) is 13.1. The minimum Gasteiger partial charge on any atom is -0.508 e. The molecule has 0 aromatic heterocycles. The molecule has 21 heavy (non-hydrogen) atoms. The number of fused-ring (bicyclic) bond motifs is 1. The van der Waals surface area contributed by atoms with Crippen LogP contribution in [0.4, 0.5) is 0 Å². The highest BCUT2D eigenvalue weighted by molar-refractivity contribution is 7.98. The van der Waals surface area contributed by atoms with Gasteiger partial charge in [0.1, 0.15) is 5.75 Å². The maximum absolute atomic E-state index is 12.7. The average molecular weight is 299 g/mol. The number of phenols is 1. The lowest BCUT2D eigenvalue weighted by molar-refractivity contribution is 0.0731. The summed E-state index contributed by atoms with van der Waals surface area (Å²) in [4.78, 5) is 15.6. The molecular formula is C17H17NO2S. The Labute approximate surface area is 128 Å². The van der Waals surface area contributed by atoms with Gasteiger partial charge in [-0.1, -0.05) is 18.2 Å². The predicted molar refractivity (Wildman–Crippen MR) is 84.8 cm³/mol. The van der Waals surface area contributed by atoms with Crippen molar-refractivity contribution in [2.75, 3.05) is 12.8 Å². The molecule has 0 saturated carbocycles. The van der Waals surface area contributed by atoms with Gasteiger partial charge in [0.2, 0.25) is 0 Å². The van der Waals surface area contributed by atoms with Crippen molar-refractivity contribution in [1.82, 2.24) is 4.90 Å². The van der Waals surface area contributed by atoms with Crippen LogP contribution in [0.5, 0.6) is 5.75 Å². The first-order chi connectivity index (χ1) is 10.2. The number of amides is 1. The van der Waals surface area contributed by atoms with Crippen LogP contribution in [0.2, 0.25) is 0 Å². The van der Waals surface area contributed by atoms with Crippen molar-refractivity contribution < 1.29 is 9.90 Å². The summed E-state index contributed by atoms with van der Waals surface area (Å²) in [5.74, 6) is 0.321. The lowest BCUT2D eigenvalue weighted by Crippen LogP contribution is -2.36. The van der Waals surface area contributed by atoms with Crippen LogP contribution in [0.15, 0.2) is 47.4 Å². The van der Waals surface area contributed by atoms with Gasteiger partial charge in [0.15, 0.2) is 0 Å². The van der Waals surface area contributed by atoms with Crippen LogP contribution in [0.25, 0.3) is 0 Å². The predicted octanol–water partition coefficient (Wildman–Crippen LogP) is 3.31. The van der Waals surface area contributed by atoms with Crippen LogP contribution in [0.3, 0.4) is 0 Å². The molecule has 0 unspecified atom stereocenters. The Kier molecular flexibility index (Phi) is 3.88. The number of thioether (sulfide) groups is 1. The summed E-state index contributed by atoms with van der Waals surface area (Å²) in [5.41, 5.74) is 3.01. The first-order valence-corrected chi connectivity index (χ1v) is 8.14. The van der Waals surface area contributed by atoms with Crippen molar-refractivity contribution in [3.63, 3.8) is 0 Å². The zero-order valence-electron chi connectivity index (χ0n) is 11.9. The van der Waals surface area contributed by atoms with Gasteiger partial charge in [-0.05, 0) is 48.1 Å². The molecule has 3 nitrogen and oxygen atoms in total. The van der Waals surface area contributed by atoms with E-state index in [2.05, 4.69) is 0 Å². The molecule has 2 aromatic rings. The van der Waals surface area contributed by atoms with Crippen LogP contribution in [0, 0.1) is 0 Å². The number of aromatic hydroxyl groups is 1. The number of carbonyl (C=O) groups excluding carboxylic acids is 1. The molecule has 1 aliphatic heterocycles. The Morgan fingerprint density at radius 2 is 2.00 bits per heavy atom. The second kappa shape index (κ2) is 5.82. The number of benzene rings is 2. The number of phenolic OH excluding ortho intramolecular Hbond substituents is 1. The van der Waals surface area contributed by atoms with E-state index in [9.17, 15) is 9.90 Å². The molecule has 1 heterocycles. The van der Waals surface area contributed by atoms with Gasteiger partial charge in [0, 0.05) is 18.0 Å². The molecule has 0 aliphatic carbocycles. The van der Waals surface area contributed by atoms with Crippen LogP contribution in [0.1, 0.15) is 21.5 Å². The summed E-state index contributed by atoms with van der Waals surface area (Å²) in [7, 11) is 0. The highest BCUT2D eigenvalue weighted by Gasteiger charge is 2.23. The highest BCUT2D eigenvalue weighted by atomic mass is 32.2. The Bertz CT molecular complexity index is 684. The summed E-state index contributed by atoms with van der Waals surface area (Å²) >= 11 is 1.59. The molecule has 0 radical (unpaired) electrons. The average Bonchev–Trinajstić information content (AvgIpc) is 2.53. The van der Waals surface area contributed by atoms with E-state index in [1.54, 1.807) is 23.9 Å². The molecule has 1 aliphatic rings. The molecule has 4 heteroatoms. The fraction of sp³-hybridized carbons (Fsp3) is 0.235. The van der Waals surface area contributed by atoms with Crippen molar-refractivity contribution >= 4 is 17.7 Å². The maximum Gasteiger partial charge on any atom is 0.255 e. The van der Waals surface area contributed by atoms with Gasteiger partial charge in [-0.25, -0.2) is 0 Å². The quantitative estimate of drug-likeness (QED) is 0.865. The summed E-state index contributed by atoms with van der Waals surface area (Å²) in [6.45, 7) is 1.28. The zero-order chi connectivity index (χ0) is 14.8. The number of hydrogen-bond acceptors (Lipinski definition) is 3. The standard InChI is InChI=1S/C17H17NO2S/c1-21-16-5-3-2-4-15(16)17(20)18-9-8-12-6-7-14(19)10-13(12)11-18/h2-7,10,19H,8-9,11H2,1H3. The molecule has 1 amide bonds. The minimum absolute atomic E-state index is 0.0638. The SMILES string of the molecule is CSc1ccccc1C(=O)N1CCc2ccc(O)cc2C1. The summed E-state index contributed by atoms with van der Waals surface area (Å²) < 4.78 is 0. The van der Waals surface area contributed by atoms with Crippen molar-refractivity contribution in [3.8, 4) is 5.75 Å². The van der Waals surface area contributed by atoms with Crippen LogP contribution >= 0.6 is 11.8 Å². The Hall–Kier alpha value is -1.94. The molecule has 2 aromatic carbocycles. The highest BCUT2D eigenvalue weighted by Crippen LogP contribution is 2.26. The van der Waals surface area contributed by atoms with E-state index < -0.39 is 0 Å². The van der Waals surface area contributed by atoms with Gasteiger partial charge >= 0.3 is 0 Å². The topological polar surface area (TPSA) is 40.5 Å². The van der Waals surface area contributed by atoms with E-state index in [1.165, 1.54) is 5.56 Å². The van der Waals surface area contributed by atoms with Gasteiger partial charge in [0.05, 0.1) is 5.56 Å². The van der Waals surface area contributed by atoms with Gasteiger partial charge in [-0.15, -0.1) is 11.8 Å². The largest absolute Gasteiger partial charge is 0.508 e. The van der Waals surface area contributed by atoms with Crippen molar-refractivity contribution in [2.45, 2.75) is 17.9 Å². The molecule has 0 saturated heterocycles. The number of rotatable bonds is 2. The fourth-order valence-corrected chi connectivity index (χ4v) is 3.30. The monoisotopic (exact) mass is 299 g/mol. The summed E-state index contributed by atoms with van der Waals surface area (Å²) in [5, 5.41) is 9.61. The van der Waals surface area contributed by atoms with Crippen molar-refractivity contribution in [1.29, 1.82) is 0 Å². The smallest absolute Gasteiger partial charge is 0.255 e. The normalized spacial score (nSPS) is 13.9. The zero-order valence-corrected chi connectivity index (χ0v) is 12.7. The lowest BCUT2D eigenvalue weighted by atomic mass is 9.99. The number of nitrogens with zero attached hydrogens (tertiary/aromatic N) is 1. The summed E-state index contributed by atoms with van der Waals surface area (Å²) in [6.07, 6.45) is 2.82. The van der Waals surface area contributed by atoms with E-state index in [0.29, 0.717) is 6.54 Å². The van der Waals surface area contributed by atoms with Gasteiger partial charge in [-0.2, -0.15) is 0 Å². The van der Waals surface area contributed by atoms with Crippen LogP contribution < -0.4 is 0 Å². The molecular weight excluding hydrogens is 282 g/mol. The van der Waals surface area contributed by atoms with Crippen molar-refractivity contribution in [2.24, 2.45) is 0 Å². The first-order valence-electron chi connectivity index (χ1n) is 6.92. The number of carbonyl (C=O) groups is 1. The van der Waals surface area contributed by atoms with E-state index in [4.69, 9.17) is 0 Å². The van der Waals surface area contributed by atoms with Crippen LogP contribution in [-0.4, -0.2) is 28.7 Å². The molecule has 1 N–H and O–H groups in total. The second-order valence-electron chi connectivity index (χ2n) is 5.13. The Morgan fingerprint density at radius 1 is 1.19 bits per heavy atom. The van der Waals surface area contributed by atoms with E-state index in [0.717, 1.165) is 29.0 Å². The van der Waals surface area contributed by atoms with Gasteiger partial charge in [0.25, 0.3) is 5.91 Å². The Morgan fingerprint density at radius 3 is 2.81 bits per heavy atom. The van der Waals surface area contributed by atoms with Gasteiger partial charge < -0.3 is 10.0 Å². The van der Waals surface area contributed by atoms with Crippen molar-refractivity contribution in [3.05, 3.63) is 59.2 Å². The molecule has 108 valence electrons. The van der Waals surface area contributed by atoms with E-state index in [-0.39, 0.29) is 11.7 Å². The maximum atomic E-state index is 12.7. The third-order valence-corrected chi connectivity index (χ3v) is 4.62. The second-order valence-corrected chi connectivity index (χ2v) is 5.98. The molecule has 0 atom stereocenters. The molecule has 0 bridgehead atoms. The molecule has 0 fully saturated rings. The number of hydrogen-bond donors (Lipinski definition) is 1. The van der Waals surface area contributed by atoms with Gasteiger partial charge in [-0.3, -0.25) is 4.79 Å². The minimum atomic E-state index is 0.0638. The van der Waals surface area contributed by atoms with E-state index in [1.807, 2.05) is 41.5 Å². The Balaban J connectivity index is 1.87. The molecule has 0 spiro atoms. The fourth-order valence-electron chi connectivity index (χ4n) is 2.71.